The van der Waals surface area contributed by atoms with E-state index in [1.807, 2.05) is 30.5 Å². The molecule has 1 aromatic carbocycles. The lowest BCUT2D eigenvalue weighted by molar-refractivity contribution is 0.312. The average molecular weight is 176 g/mol. The normalized spacial score (nSPS) is 8.62. The Balaban J connectivity index is 0.000000251. The Morgan fingerprint density at radius 3 is 2.46 bits per heavy atom. The first-order chi connectivity index (χ1) is 6.38. The zero-order valence-electron chi connectivity index (χ0n) is 6.79. The molecule has 1 heterocycles. The van der Waals surface area contributed by atoms with Gasteiger partial charge in [0.2, 0.25) is 0 Å². The van der Waals surface area contributed by atoms with E-state index in [4.69, 9.17) is 10.1 Å². The minimum Gasteiger partial charge on any atom is -0.379 e. The van der Waals surface area contributed by atoms with Crippen LogP contribution in [0.1, 0.15) is 0 Å². The quantitative estimate of drug-likeness (QED) is 0.495. The predicted octanol–water partition coefficient (Wildman–Crippen LogP) is 2.38. The van der Waals surface area contributed by atoms with Crippen molar-refractivity contribution in [3.63, 3.8) is 0 Å². The number of fused-ring (bicyclic) bond motifs is 1. The van der Waals surface area contributed by atoms with E-state index in [1.54, 1.807) is 0 Å². The van der Waals surface area contributed by atoms with Crippen molar-refractivity contribution in [2.75, 3.05) is 0 Å². The van der Waals surface area contributed by atoms with Crippen LogP contribution in [0.5, 0.6) is 0 Å². The molecule has 0 bridgehead atoms. The van der Waals surface area contributed by atoms with Crippen LogP contribution in [0.3, 0.4) is 0 Å². The second-order valence-corrected chi connectivity index (χ2v) is 2.28. The molecule has 4 heteroatoms. The molecule has 0 fully saturated rings. The van der Waals surface area contributed by atoms with Gasteiger partial charge in [-0.05, 0) is 12.1 Å². The number of nitrogens with zero attached hydrogens (tertiary/aromatic N) is 2. The van der Waals surface area contributed by atoms with E-state index in [-0.39, 0.29) is 0 Å². The highest BCUT2D eigenvalue weighted by atomic mass is 16.6. The van der Waals surface area contributed by atoms with E-state index in [0.717, 1.165) is 5.52 Å². The molecule has 0 unspecified atom stereocenters. The van der Waals surface area contributed by atoms with Gasteiger partial charge in [-0.2, -0.15) is 0 Å². The van der Waals surface area contributed by atoms with Crippen LogP contribution in [0, 0.1) is 4.91 Å². The smallest absolute Gasteiger partial charge is 0.152 e. The highest BCUT2D eigenvalue weighted by Gasteiger charge is 1.86. The molecule has 1 aromatic heterocycles. The molecule has 66 valence electrons. The van der Waals surface area contributed by atoms with Gasteiger partial charge in [0.15, 0.2) is 5.34 Å². The summed E-state index contributed by atoms with van der Waals surface area (Å²) < 4.78 is 0. The van der Waals surface area contributed by atoms with Crippen LogP contribution < -0.4 is 0 Å². The third-order valence-corrected chi connectivity index (χ3v) is 1.51. The van der Waals surface area contributed by atoms with E-state index in [1.165, 1.54) is 10.7 Å². The van der Waals surface area contributed by atoms with Gasteiger partial charge in [-0.25, -0.2) is 0 Å². The number of aromatic nitrogens is 1. The Labute approximate surface area is 74.8 Å². The predicted molar refractivity (Wildman–Crippen MR) is 49.3 cm³/mol. The van der Waals surface area contributed by atoms with Crippen molar-refractivity contribution >= 4 is 10.9 Å². The van der Waals surface area contributed by atoms with Crippen molar-refractivity contribution in [3.05, 3.63) is 47.5 Å². The van der Waals surface area contributed by atoms with Crippen LogP contribution in [0.2, 0.25) is 0 Å². The number of pyridine rings is 1. The van der Waals surface area contributed by atoms with Crippen molar-refractivity contribution in [2.45, 2.75) is 0 Å². The first-order valence-corrected chi connectivity index (χ1v) is 3.65. The highest BCUT2D eigenvalue weighted by molar-refractivity contribution is 5.77. The molecular weight excluding hydrogens is 168 g/mol. The van der Waals surface area contributed by atoms with E-state index >= 15 is 0 Å². The lowest BCUT2D eigenvalue weighted by Crippen LogP contribution is -1.73. The van der Waals surface area contributed by atoms with Gasteiger partial charge < -0.3 is 5.21 Å². The number of benzene rings is 1. The molecule has 0 saturated heterocycles. The monoisotopic (exact) mass is 176 g/mol. The fourth-order valence-electron chi connectivity index (χ4n) is 1.02. The summed E-state index contributed by atoms with van der Waals surface area (Å²) in [6, 6.07) is 12.1. The third kappa shape index (κ3) is 2.52. The minimum atomic E-state index is 1.06. The molecule has 2 aromatic rings. The van der Waals surface area contributed by atoms with Crippen molar-refractivity contribution in [2.24, 2.45) is 5.34 Å². The van der Waals surface area contributed by atoms with Crippen LogP contribution in [0.25, 0.3) is 10.9 Å². The molecule has 0 amide bonds. The van der Waals surface area contributed by atoms with Crippen molar-refractivity contribution < 1.29 is 5.21 Å². The Morgan fingerprint density at radius 1 is 1.15 bits per heavy atom. The molecule has 0 saturated carbocycles. The molecule has 0 atom stereocenters. The largest absolute Gasteiger partial charge is 0.379 e. The van der Waals surface area contributed by atoms with Gasteiger partial charge in [-0.1, -0.05) is 24.3 Å². The fourth-order valence-corrected chi connectivity index (χ4v) is 1.02. The maximum atomic E-state index is 8.11. The van der Waals surface area contributed by atoms with Gasteiger partial charge in [0.05, 0.1) is 5.52 Å². The van der Waals surface area contributed by atoms with Crippen molar-refractivity contribution in [1.29, 1.82) is 0 Å². The van der Waals surface area contributed by atoms with Gasteiger partial charge in [-0.3, -0.25) is 4.98 Å². The molecule has 0 aliphatic rings. The maximum absolute atomic E-state index is 8.11. The minimum absolute atomic E-state index is 1.06. The standard InChI is InChI=1S/C9H7N.HNO2/c1-2-6-9-8(4-1)5-3-7-10-9;2-1-3/h1-7H;(H,2,3). The molecule has 0 spiro atoms. The first-order valence-electron chi connectivity index (χ1n) is 3.65. The van der Waals surface area contributed by atoms with E-state index < -0.39 is 0 Å². The number of para-hydroxylation sites is 1. The summed E-state index contributed by atoms with van der Waals surface area (Å²) in [4.78, 5) is 12.3. The second-order valence-electron chi connectivity index (χ2n) is 2.28. The lowest BCUT2D eigenvalue weighted by Gasteiger charge is -1.91. The Kier molecular flexibility index (Phi) is 3.38. The Hall–Kier alpha value is -1.97. The molecule has 0 aliphatic heterocycles. The number of hydrogen-bond acceptors (Lipinski definition) is 3. The third-order valence-electron chi connectivity index (χ3n) is 1.51. The summed E-state index contributed by atoms with van der Waals surface area (Å²) in [7, 11) is 0. The number of rotatable bonds is 0. The Morgan fingerprint density at radius 2 is 1.77 bits per heavy atom. The first kappa shape index (κ1) is 9.12. The summed E-state index contributed by atoms with van der Waals surface area (Å²) in [6.07, 6.45) is 1.81. The van der Waals surface area contributed by atoms with Gasteiger partial charge in [0.25, 0.3) is 0 Å². The summed E-state index contributed by atoms with van der Waals surface area (Å²) in [5.74, 6) is 0. The highest BCUT2D eigenvalue weighted by Crippen LogP contribution is 2.07. The van der Waals surface area contributed by atoms with Crippen molar-refractivity contribution in [1.82, 2.24) is 4.98 Å². The summed E-state index contributed by atoms with van der Waals surface area (Å²) in [5, 5.41) is 9.09. The topological polar surface area (TPSA) is 62.5 Å². The van der Waals surface area contributed by atoms with Crippen LogP contribution in [0.4, 0.5) is 0 Å². The van der Waals surface area contributed by atoms with Gasteiger partial charge >= 0.3 is 0 Å². The lowest BCUT2D eigenvalue weighted by atomic mass is 10.2. The summed E-state index contributed by atoms with van der Waals surface area (Å²) in [6.45, 7) is 0. The molecule has 0 aliphatic carbocycles. The van der Waals surface area contributed by atoms with Gasteiger partial charge in [0.1, 0.15) is 0 Å². The van der Waals surface area contributed by atoms with Gasteiger partial charge in [0, 0.05) is 11.6 Å². The molecule has 4 nitrogen and oxygen atoms in total. The van der Waals surface area contributed by atoms with Crippen LogP contribution in [0.15, 0.2) is 47.9 Å². The zero-order chi connectivity index (χ0) is 9.52. The maximum Gasteiger partial charge on any atom is 0.152 e. The van der Waals surface area contributed by atoms with Gasteiger partial charge in [-0.15, -0.1) is 4.91 Å². The Bertz CT molecular complexity index is 325. The second kappa shape index (κ2) is 4.82. The molecule has 2 rings (SSSR count). The molecule has 1 N–H and O–H groups in total. The SMILES string of the molecule is O=NO.c1ccc2ncccc2c1. The average Bonchev–Trinajstić information content (AvgIpc) is 2.19. The molecular formula is C9H8N2O2. The fraction of sp³-hybridized carbons (Fsp3) is 0. The summed E-state index contributed by atoms with van der Waals surface area (Å²) >= 11 is 0. The van der Waals surface area contributed by atoms with E-state index in [2.05, 4.69) is 17.1 Å². The molecule has 13 heavy (non-hydrogen) atoms. The van der Waals surface area contributed by atoms with E-state index in [0.29, 0.717) is 0 Å². The van der Waals surface area contributed by atoms with Crippen LogP contribution >= 0.6 is 0 Å². The number of hydrogen-bond donors (Lipinski definition) is 1. The van der Waals surface area contributed by atoms with Crippen LogP contribution in [-0.4, -0.2) is 10.2 Å². The van der Waals surface area contributed by atoms with Crippen LogP contribution in [-0.2, 0) is 0 Å². The zero-order valence-corrected chi connectivity index (χ0v) is 6.79. The van der Waals surface area contributed by atoms with E-state index in [9.17, 15) is 0 Å². The van der Waals surface area contributed by atoms with Crippen molar-refractivity contribution in [3.8, 4) is 0 Å². The molecule has 0 radical (unpaired) electrons. The summed E-state index contributed by atoms with van der Waals surface area (Å²) in [5.41, 5.74) is 1.06.